The Balaban J connectivity index is 2.49. The number of rotatable bonds is 7. The number of hydrogen-bond donors (Lipinski definition) is 0. The van der Waals surface area contributed by atoms with Gasteiger partial charge in [-0.25, -0.2) is 0 Å². The van der Waals surface area contributed by atoms with Gasteiger partial charge in [-0.1, -0.05) is 50.4 Å². The third-order valence-corrected chi connectivity index (χ3v) is 4.21. The van der Waals surface area contributed by atoms with Gasteiger partial charge >= 0.3 is 5.97 Å². The van der Waals surface area contributed by atoms with Crippen molar-refractivity contribution in [2.45, 2.75) is 65.9 Å². The van der Waals surface area contributed by atoms with Gasteiger partial charge in [-0.3, -0.25) is 4.79 Å². The zero-order valence-corrected chi connectivity index (χ0v) is 13.9. The number of carbonyl (C=O) groups excluding carboxylic acids is 1. The Morgan fingerprint density at radius 1 is 1.50 bits per heavy atom. The first-order chi connectivity index (χ1) is 9.47. The van der Waals surface area contributed by atoms with Crippen LogP contribution in [0.2, 0.25) is 0 Å². The lowest BCUT2D eigenvalue weighted by Gasteiger charge is -2.17. The van der Waals surface area contributed by atoms with Crippen LogP contribution in [0.1, 0.15) is 59.8 Å². The summed E-state index contributed by atoms with van der Waals surface area (Å²) in [5.74, 6) is 0.701. The Morgan fingerprint density at radius 3 is 2.70 bits per heavy atom. The van der Waals surface area contributed by atoms with Crippen LogP contribution in [0.15, 0.2) is 22.8 Å². The van der Waals surface area contributed by atoms with Crippen LogP contribution in [0, 0.1) is 11.8 Å². The number of halogens is 1. The molecule has 1 unspecified atom stereocenters. The molecule has 0 amide bonds. The minimum Gasteiger partial charge on any atom is -0.458 e. The maximum absolute atomic E-state index is 11.3. The standard InChI is InChI=1S/C17H27ClO2/c1-5-6-15(11-18)8-7-12(2)9-13(3)17-14(4)10-16(19)20-17/h9,11-12,14,17H,5-8,10H2,1-4H3/b13-9+,15-11-/t12?,14-,17+/m1/s1. The Bertz CT molecular complexity index is 384. The highest BCUT2D eigenvalue weighted by molar-refractivity contribution is 6.25. The molecule has 1 fully saturated rings. The van der Waals surface area contributed by atoms with Crippen molar-refractivity contribution in [2.24, 2.45) is 11.8 Å². The second kappa shape index (κ2) is 8.51. The van der Waals surface area contributed by atoms with E-state index in [2.05, 4.69) is 33.8 Å². The smallest absolute Gasteiger partial charge is 0.306 e. The highest BCUT2D eigenvalue weighted by Gasteiger charge is 2.32. The molecule has 1 aliphatic rings. The van der Waals surface area contributed by atoms with Crippen molar-refractivity contribution in [1.82, 2.24) is 0 Å². The Hall–Kier alpha value is -0.760. The predicted octanol–water partition coefficient (Wildman–Crippen LogP) is 5.22. The normalized spacial score (nSPS) is 25.8. The van der Waals surface area contributed by atoms with Crippen LogP contribution in [0.4, 0.5) is 0 Å². The lowest BCUT2D eigenvalue weighted by molar-refractivity contribution is -0.140. The average Bonchev–Trinajstić information content (AvgIpc) is 2.73. The minimum absolute atomic E-state index is 0.0244. The summed E-state index contributed by atoms with van der Waals surface area (Å²) in [6, 6.07) is 0. The van der Waals surface area contributed by atoms with Crippen molar-refractivity contribution < 1.29 is 9.53 Å². The van der Waals surface area contributed by atoms with Crippen LogP contribution in [-0.4, -0.2) is 12.1 Å². The zero-order chi connectivity index (χ0) is 15.1. The van der Waals surface area contributed by atoms with Gasteiger partial charge in [0.15, 0.2) is 0 Å². The quantitative estimate of drug-likeness (QED) is 0.475. The first-order valence-electron chi connectivity index (χ1n) is 7.63. The van der Waals surface area contributed by atoms with Gasteiger partial charge in [-0.05, 0) is 37.7 Å². The molecule has 0 bridgehead atoms. The van der Waals surface area contributed by atoms with Gasteiger partial charge in [0.25, 0.3) is 0 Å². The molecule has 3 atom stereocenters. The van der Waals surface area contributed by atoms with Gasteiger partial charge in [0.05, 0.1) is 6.42 Å². The Labute approximate surface area is 128 Å². The zero-order valence-electron chi connectivity index (χ0n) is 13.1. The molecule has 0 aromatic rings. The third-order valence-electron chi connectivity index (χ3n) is 3.91. The molecule has 3 heteroatoms. The number of hydrogen-bond acceptors (Lipinski definition) is 2. The van der Waals surface area contributed by atoms with E-state index in [0.717, 1.165) is 25.7 Å². The van der Waals surface area contributed by atoms with Crippen LogP contribution in [-0.2, 0) is 9.53 Å². The second-order valence-electron chi connectivity index (χ2n) is 6.04. The van der Waals surface area contributed by atoms with E-state index in [0.29, 0.717) is 18.3 Å². The van der Waals surface area contributed by atoms with E-state index in [1.165, 1.54) is 11.1 Å². The number of carbonyl (C=O) groups is 1. The molecular weight excluding hydrogens is 272 g/mol. The van der Waals surface area contributed by atoms with Gasteiger partial charge in [0, 0.05) is 11.5 Å². The molecule has 1 aliphatic heterocycles. The number of ether oxygens (including phenoxy) is 1. The largest absolute Gasteiger partial charge is 0.458 e. The summed E-state index contributed by atoms with van der Waals surface area (Å²) in [5.41, 5.74) is 4.24. The fraction of sp³-hybridized carbons (Fsp3) is 0.706. The Kier molecular flexibility index (Phi) is 7.36. The first kappa shape index (κ1) is 17.3. The minimum atomic E-state index is -0.0711. The van der Waals surface area contributed by atoms with E-state index in [9.17, 15) is 4.79 Å². The summed E-state index contributed by atoms with van der Waals surface area (Å²) < 4.78 is 5.38. The van der Waals surface area contributed by atoms with Crippen LogP contribution < -0.4 is 0 Å². The van der Waals surface area contributed by atoms with Crippen molar-refractivity contribution in [2.75, 3.05) is 0 Å². The van der Waals surface area contributed by atoms with Crippen LogP contribution in [0.5, 0.6) is 0 Å². The molecule has 0 saturated carbocycles. The van der Waals surface area contributed by atoms with E-state index in [1.54, 1.807) is 5.54 Å². The lowest BCUT2D eigenvalue weighted by atomic mass is 9.93. The maximum atomic E-state index is 11.3. The molecule has 0 aromatic carbocycles. The SMILES string of the molecule is CCC/C(=C/Cl)CCC(C)/C=C(\C)[C@@H]1OC(=O)C[C@H]1C. The molecule has 0 spiro atoms. The summed E-state index contributed by atoms with van der Waals surface area (Å²) in [7, 11) is 0. The van der Waals surface area contributed by atoms with E-state index in [-0.39, 0.29) is 12.1 Å². The Morgan fingerprint density at radius 2 is 2.20 bits per heavy atom. The predicted molar refractivity (Wildman–Crippen MR) is 84.7 cm³/mol. The molecule has 1 saturated heterocycles. The highest BCUT2D eigenvalue weighted by Crippen LogP contribution is 2.28. The molecular formula is C17H27ClO2. The van der Waals surface area contributed by atoms with Gasteiger partial charge in [-0.2, -0.15) is 0 Å². The first-order valence-corrected chi connectivity index (χ1v) is 8.07. The molecule has 0 N–H and O–H groups in total. The van der Waals surface area contributed by atoms with Gasteiger partial charge in [0.1, 0.15) is 6.10 Å². The molecule has 1 rings (SSSR count). The van der Waals surface area contributed by atoms with Gasteiger partial charge in [-0.15, -0.1) is 0 Å². The summed E-state index contributed by atoms with van der Waals surface area (Å²) in [4.78, 5) is 11.3. The van der Waals surface area contributed by atoms with Gasteiger partial charge < -0.3 is 4.74 Å². The van der Waals surface area contributed by atoms with Crippen molar-refractivity contribution in [3.8, 4) is 0 Å². The van der Waals surface area contributed by atoms with E-state index in [4.69, 9.17) is 16.3 Å². The van der Waals surface area contributed by atoms with Crippen molar-refractivity contribution in [3.63, 3.8) is 0 Å². The fourth-order valence-electron chi connectivity index (χ4n) is 2.81. The highest BCUT2D eigenvalue weighted by atomic mass is 35.5. The average molecular weight is 299 g/mol. The molecule has 114 valence electrons. The number of allylic oxidation sites excluding steroid dienone is 2. The summed E-state index contributed by atoms with van der Waals surface area (Å²) in [6.07, 6.45) is 7.11. The molecule has 0 aromatic heterocycles. The van der Waals surface area contributed by atoms with Crippen LogP contribution in [0.3, 0.4) is 0 Å². The van der Waals surface area contributed by atoms with Crippen molar-refractivity contribution >= 4 is 17.6 Å². The topological polar surface area (TPSA) is 26.3 Å². The number of esters is 1. The van der Waals surface area contributed by atoms with E-state index < -0.39 is 0 Å². The summed E-state index contributed by atoms with van der Waals surface area (Å²) >= 11 is 5.84. The van der Waals surface area contributed by atoms with Crippen molar-refractivity contribution in [3.05, 3.63) is 22.8 Å². The molecule has 2 nitrogen and oxygen atoms in total. The summed E-state index contributed by atoms with van der Waals surface area (Å²) in [5, 5.41) is 0. The van der Waals surface area contributed by atoms with E-state index >= 15 is 0 Å². The fourth-order valence-corrected chi connectivity index (χ4v) is 3.03. The van der Waals surface area contributed by atoms with Crippen LogP contribution >= 0.6 is 11.6 Å². The lowest BCUT2D eigenvalue weighted by Crippen LogP contribution is -2.15. The second-order valence-corrected chi connectivity index (χ2v) is 6.25. The molecule has 0 radical (unpaired) electrons. The van der Waals surface area contributed by atoms with E-state index in [1.807, 2.05) is 0 Å². The third kappa shape index (κ3) is 5.32. The van der Waals surface area contributed by atoms with Crippen LogP contribution in [0.25, 0.3) is 0 Å². The van der Waals surface area contributed by atoms with Crippen molar-refractivity contribution in [1.29, 1.82) is 0 Å². The molecule has 20 heavy (non-hydrogen) atoms. The monoisotopic (exact) mass is 298 g/mol. The molecule has 0 aliphatic carbocycles. The van der Waals surface area contributed by atoms with Gasteiger partial charge in [0.2, 0.25) is 0 Å². The number of cyclic esters (lactones) is 1. The molecule has 1 heterocycles. The maximum Gasteiger partial charge on any atom is 0.306 e. The summed E-state index contributed by atoms with van der Waals surface area (Å²) in [6.45, 7) is 8.53.